The molecule has 2 aliphatic carbocycles. The Labute approximate surface area is 95.5 Å². The summed E-state index contributed by atoms with van der Waals surface area (Å²) in [7, 11) is 0. The zero-order valence-corrected chi connectivity index (χ0v) is 9.82. The number of hydrogen-bond donors (Lipinski definition) is 1. The number of carbonyl (C=O) groups is 1. The van der Waals surface area contributed by atoms with Gasteiger partial charge >= 0.3 is 5.97 Å². The third kappa shape index (κ3) is 1.05. The zero-order chi connectivity index (χ0) is 11.6. The Morgan fingerprint density at radius 2 is 2.19 bits per heavy atom. The van der Waals surface area contributed by atoms with Crippen LogP contribution < -0.4 is 0 Å². The summed E-state index contributed by atoms with van der Waals surface area (Å²) in [4.78, 5) is 11.3. The molecule has 0 unspecified atom stereocenters. The van der Waals surface area contributed by atoms with Gasteiger partial charge in [0.15, 0.2) is 0 Å². The fourth-order valence-electron chi connectivity index (χ4n) is 3.69. The van der Waals surface area contributed by atoms with E-state index in [4.69, 9.17) is 4.74 Å². The molecule has 1 aliphatic heterocycles. The molecule has 16 heavy (non-hydrogen) atoms. The smallest absolute Gasteiger partial charge is 0.306 e. The molecule has 0 spiro atoms. The Bertz CT molecular complexity index is 383. The highest BCUT2D eigenvalue weighted by Crippen LogP contribution is 2.57. The number of allylic oxidation sites excluding steroid dienone is 1. The Hall–Kier alpha value is -0.830. The van der Waals surface area contributed by atoms with Gasteiger partial charge in [-0.1, -0.05) is 19.9 Å². The summed E-state index contributed by atoms with van der Waals surface area (Å²) in [5.41, 5.74) is -0.00493. The first-order valence-electron chi connectivity index (χ1n) is 6.06. The largest absolute Gasteiger partial charge is 0.459 e. The number of aliphatic hydroxyl groups is 1. The Kier molecular flexibility index (Phi) is 1.87. The molecule has 1 saturated heterocycles. The number of hydrogen-bond acceptors (Lipinski definition) is 3. The van der Waals surface area contributed by atoms with E-state index in [-0.39, 0.29) is 23.4 Å². The van der Waals surface area contributed by atoms with Gasteiger partial charge in [-0.25, -0.2) is 0 Å². The lowest BCUT2D eigenvalue weighted by atomic mass is 9.65. The maximum Gasteiger partial charge on any atom is 0.306 e. The van der Waals surface area contributed by atoms with Crippen LogP contribution in [0.5, 0.6) is 0 Å². The van der Waals surface area contributed by atoms with Crippen molar-refractivity contribution >= 4 is 5.97 Å². The molecule has 0 aromatic heterocycles. The molecule has 3 nitrogen and oxygen atoms in total. The molecule has 0 bridgehead atoms. The third-order valence-corrected chi connectivity index (χ3v) is 4.69. The first-order valence-corrected chi connectivity index (χ1v) is 6.06. The minimum absolute atomic E-state index is 0.149. The Morgan fingerprint density at radius 1 is 1.44 bits per heavy atom. The van der Waals surface area contributed by atoms with E-state index in [1.54, 1.807) is 0 Å². The van der Waals surface area contributed by atoms with Gasteiger partial charge in [-0.15, -0.1) is 0 Å². The first kappa shape index (κ1) is 10.3. The summed E-state index contributed by atoms with van der Waals surface area (Å²) in [5.74, 6) is 0.0463. The van der Waals surface area contributed by atoms with Crippen LogP contribution in [0.15, 0.2) is 11.6 Å². The van der Waals surface area contributed by atoms with Crippen LogP contribution in [0.4, 0.5) is 0 Å². The number of rotatable bonds is 0. The molecule has 1 N–H and O–H groups in total. The molecule has 1 heterocycles. The van der Waals surface area contributed by atoms with Crippen molar-refractivity contribution in [3.05, 3.63) is 11.6 Å². The molecule has 1 saturated carbocycles. The summed E-state index contributed by atoms with van der Waals surface area (Å²) in [5, 5.41) is 11.0. The minimum Gasteiger partial charge on any atom is -0.459 e. The molecular weight excluding hydrogens is 204 g/mol. The topological polar surface area (TPSA) is 46.5 Å². The highest BCUT2D eigenvalue weighted by atomic mass is 16.6. The van der Waals surface area contributed by atoms with Crippen LogP contribution in [0.25, 0.3) is 0 Å². The van der Waals surface area contributed by atoms with Crippen molar-refractivity contribution in [3.8, 4) is 0 Å². The SMILES string of the molecule is CC1(C)CCC=C2C[C@H]3CC(=O)O[C@H]3[C@]21O. The summed E-state index contributed by atoms with van der Waals surface area (Å²) < 4.78 is 5.36. The summed E-state index contributed by atoms with van der Waals surface area (Å²) in [6, 6.07) is 0. The van der Waals surface area contributed by atoms with E-state index in [1.807, 2.05) is 0 Å². The standard InChI is InChI=1S/C13H18O3/c1-12(2)5-3-4-9-6-8-7-10(14)16-11(8)13(9,12)15/h4,8,11,15H,3,5-7H2,1-2H3/t8-,11+,13+/m0/s1. The van der Waals surface area contributed by atoms with E-state index in [1.165, 1.54) is 0 Å². The third-order valence-electron chi connectivity index (χ3n) is 4.69. The molecule has 88 valence electrons. The molecule has 0 aromatic rings. The van der Waals surface area contributed by atoms with Gasteiger partial charge in [0, 0.05) is 11.3 Å². The monoisotopic (exact) mass is 222 g/mol. The quantitative estimate of drug-likeness (QED) is 0.502. The van der Waals surface area contributed by atoms with Crippen molar-refractivity contribution in [3.63, 3.8) is 0 Å². The van der Waals surface area contributed by atoms with Gasteiger partial charge in [0.05, 0.1) is 6.42 Å². The predicted molar refractivity (Wildman–Crippen MR) is 58.7 cm³/mol. The van der Waals surface area contributed by atoms with Crippen molar-refractivity contribution in [2.24, 2.45) is 11.3 Å². The molecule has 0 amide bonds. The molecule has 3 heteroatoms. The van der Waals surface area contributed by atoms with Crippen molar-refractivity contribution in [2.75, 3.05) is 0 Å². The highest BCUT2D eigenvalue weighted by molar-refractivity contribution is 5.73. The number of fused-ring (bicyclic) bond motifs is 3. The van der Waals surface area contributed by atoms with Gasteiger partial charge in [-0.3, -0.25) is 4.79 Å². The second-order valence-corrected chi connectivity index (χ2v) is 6.00. The van der Waals surface area contributed by atoms with Crippen LogP contribution in [0.3, 0.4) is 0 Å². The molecular formula is C13H18O3. The van der Waals surface area contributed by atoms with Crippen LogP contribution in [-0.2, 0) is 9.53 Å². The van der Waals surface area contributed by atoms with Crippen molar-refractivity contribution < 1.29 is 14.6 Å². The second-order valence-electron chi connectivity index (χ2n) is 6.00. The average Bonchev–Trinajstić information content (AvgIpc) is 2.65. The van der Waals surface area contributed by atoms with Gasteiger partial charge in [0.2, 0.25) is 0 Å². The van der Waals surface area contributed by atoms with Gasteiger partial charge in [0.25, 0.3) is 0 Å². The summed E-state index contributed by atoms with van der Waals surface area (Å²) in [6.07, 6.45) is 5.13. The van der Waals surface area contributed by atoms with E-state index in [2.05, 4.69) is 19.9 Å². The predicted octanol–water partition coefficient (Wildman–Crippen LogP) is 1.80. The van der Waals surface area contributed by atoms with Crippen LogP contribution in [0, 0.1) is 11.3 Å². The summed E-state index contributed by atoms with van der Waals surface area (Å²) >= 11 is 0. The second kappa shape index (κ2) is 2.89. The fourth-order valence-corrected chi connectivity index (χ4v) is 3.69. The maximum atomic E-state index is 11.3. The van der Waals surface area contributed by atoms with Gasteiger partial charge in [-0.05, 0) is 24.8 Å². The van der Waals surface area contributed by atoms with Gasteiger partial charge < -0.3 is 9.84 Å². The number of esters is 1. The van der Waals surface area contributed by atoms with E-state index >= 15 is 0 Å². The van der Waals surface area contributed by atoms with Crippen LogP contribution in [-0.4, -0.2) is 22.8 Å². The molecule has 3 atom stereocenters. The number of ether oxygens (including phenoxy) is 1. The summed E-state index contributed by atoms with van der Waals surface area (Å²) in [6.45, 7) is 4.16. The van der Waals surface area contributed by atoms with Crippen molar-refractivity contribution in [1.29, 1.82) is 0 Å². The number of carbonyl (C=O) groups excluding carboxylic acids is 1. The van der Waals surface area contributed by atoms with E-state index < -0.39 is 5.60 Å². The van der Waals surface area contributed by atoms with Gasteiger partial charge in [0.1, 0.15) is 11.7 Å². The van der Waals surface area contributed by atoms with Crippen LogP contribution in [0.1, 0.15) is 39.5 Å². The van der Waals surface area contributed by atoms with E-state index in [9.17, 15) is 9.90 Å². The maximum absolute atomic E-state index is 11.3. The normalized spacial score (nSPS) is 44.7. The molecule has 0 radical (unpaired) electrons. The lowest BCUT2D eigenvalue weighted by molar-refractivity contribution is -0.161. The zero-order valence-electron chi connectivity index (χ0n) is 9.82. The minimum atomic E-state index is -0.915. The first-order chi connectivity index (χ1) is 7.45. The molecule has 0 aromatic carbocycles. The van der Waals surface area contributed by atoms with E-state index in [0.29, 0.717) is 6.42 Å². The van der Waals surface area contributed by atoms with E-state index in [0.717, 1.165) is 24.8 Å². The van der Waals surface area contributed by atoms with Crippen LogP contribution in [0.2, 0.25) is 0 Å². The van der Waals surface area contributed by atoms with Crippen LogP contribution >= 0.6 is 0 Å². The highest BCUT2D eigenvalue weighted by Gasteiger charge is 2.63. The van der Waals surface area contributed by atoms with Gasteiger partial charge in [-0.2, -0.15) is 0 Å². The van der Waals surface area contributed by atoms with Crippen molar-refractivity contribution in [2.45, 2.75) is 51.2 Å². The lowest BCUT2D eigenvalue weighted by Crippen LogP contribution is -2.54. The lowest BCUT2D eigenvalue weighted by Gasteiger charge is -2.46. The fraction of sp³-hybridized carbons (Fsp3) is 0.769. The Morgan fingerprint density at radius 3 is 2.94 bits per heavy atom. The average molecular weight is 222 g/mol. The molecule has 3 rings (SSSR count). The Balaban J connectivity index is 2.07. The van der Waals surface area contributed by atoms with Crippen molar-refractivity contribution in [1.82, 2.24) is 0 Å². The molecule has 3 aliphatic rings. The molecule has 2 fully saturated rings.